The number of ether oxygens (including phenoxy) is 1. The van der Waals surface area contributed by atoms with Gasteiger partial charge in [0.1, 0.15) is 0 Å². The number of nitrogens with one attached hydrogen (secondary N) is 1. The number of aliphatic hydroxyl groups excluding tert-OH is 1. The Morgan fingerprint density at radius 1 is 1.69 bits per heavy atom. The van der Waals surface area contributed by atoms with E-state index in [1.165, 1.54) is 11.3 Å². The zero-order chi connectivity index (χ0) is 11.8. The van der Waals surface area contributed by atoms with Gasteiger partial charge in [-0.05, 0) is 11.4 Å². The van der Waals surface area contributed by atoms with Crippen molar-refractivity contribution in [3.05, 3.63) is 17.5 Å². The molecule has 1 heterocycles. The van der Waals surface area contributed by atoms with Gasteiger partial charge in [-0.25, -0.2) is 0 Å². The van der Waals surface area contributed by atoms with Crippen LogP contribution in [0, 0.1) is 0 Å². The van der Waals surface area contributed by atoms with Crippen LogP contribution in [0.4, 0.5) is 0 Å². The molecule has 0 aliphatic heterocycles. The van der Waals surface area contributed by atoms with Crippen molar-refractivity contribution in [2.45, 2.75) is 10.3 Å². The van der Waals surface area contributed by atoms with Gasteiger partial charge < -0.3 is 15.2 Å². The maximum Gasteiger partial charge on any atom is 0.0911 e. The fourth-order valence-corrected chi connectivity index (χ4v) is 3.26. The molecule has 0 bridgehead atoms. The maximum atomic E-state index is 11.7. The zero-order valence-corrected chi connectivity index (χ0v) is 10.9. The minimum absolute atomic E-state index is 0.278. The van der Waals surface area contributed by atoms with Gasteiger partial charge in [0.15, 0.2) is 0 Å². The van der Waals surface area contributed by atoms with E-state index in [9.17, 15) is 9.32 Å². The summed E-state index contributed by atoms with van der Waals surface area (Å²) in [7, 11) is 0.537. The highest BCUT2D eigenvalue weighted by Gasteiger charge is 2.11. The molecular formula is C10H17NO3S2. The highest BCUT2D eigenvalue weighted by atomic mass is 32.2. The lowest BCUT2D eigenvalue weighted by Gasteiger charge is -2.10. The van der Waals surface area contributed by atoms with Crippen molar-refractivity contribution in [1.29, 1.82) is 0 Å². The van der Waals surface area contributed by atoms with E-state index in [-0.39, 0.29) is 5.75 Å². The summed E-state index contributed by atoms with van der Waals surface area (Å²) < 4.78 is 17.4. The molecule has 1 aromatic rings. The fourth-order valence-electron chi connectivity index (χ4n) is 1.15. The van der Waals surface area contributed by atoms with Crippen LogP contribution in [0.2, 0.25) is 0 Å². The zero-order valence-electron chi connectivity index (χ0n) is 9.22. The van der Waals surface area contributed by atoms with Crippen LogP contribution in [0.3, 0.4) is 0 Å². The van der Waals surface area contributed by atoms with Gasteiger partial charge >= 0.3 is 0 Å². The molecule has 6 heteroatoms. The molecule has 2 unspecified atom stereocenters. The van der Waals surface area contributed by atoms with Crippen LogP contribution in [0.15, 0.2) is 21.7 Å². The van der Waals surface area contributed by atoms with E-state index in [0.29, 0.717) is 19.7 Å². The Morgan fingerprint density at radius 3 is 3.12 bits per heavy atom. The predicted octanol–water partition coefficient (Wildman–Crippen LogP) is 0.453. The number of hydrogen-bond donors (Lipinski definition) is 2. The van der Waals surface area contributed by atoms with Crippen molar-refractivity contribution < 1.29 is 14.1 Å². The molecule has 0 saturated carbocycles. The molecule has 0 radical (unpaired) electrons. The highest BCUT2D eigenvalue weighted by molar-refractivity contribution is 7.87. The lowest BCUT2D eigenvalue weighted by Crippen LogP contribution is -2.32. The standard InChI is InChI=1S/C10H17NO3S2/c1-14-5-4-11-7-9(12)8-16(13)10-3-2-6-15-10/h2-3,6,9,11-12H,4-5,7-8H2,1H3. The summed E-state index contributed by atoms with van der Waals surface area (Å²) in [5, 5.41) is 14.5. The minimum atomic E-state index is -1.09. The Labute approximate surface area is 102 Å². The van der Waals surface area contributed by atoms with E-state index in [1.54, 1.807) is 7.11 Å². The van der Waals surface area contributed by atoms with Gasteiger partial charge in [0, 0.05) is 20.2 Å². The molecule has 4 nitrogen and oxygen atoms in total. The summed E-state index contributed by atoms with van der Waals surface area (Å²) in [5.41, 5.74) is 0. The Hall–Kier alpha value is -0.270. The molecule has 0 spiro atoms. The molecule has 1 aromatic heterocycles. The average molecular weight is 263 g/mol. The first-order valence-corrected chi connectivity index (χ1v) is 7.23. The number of methoxy groups -OCH3 is 1. The number of aliphatic hydroxyl groups is 1. The van der Waals surface area contributed by atoms with Crippen LogP contribution < -0.4 is 5.32 Å². The largest absolute Gasteiger partial charge is 0.391 e. The normalized spacial score (nSPS) is 14.9. The van der Waals surface area contributed by atoms with Crippen LogP contribution in [-0.2, 0) is 15.5 Å². The van der Waals surface area contributed by atoms with Gasteiger partial charge in [0.25, 0.3) is 0 Å². The van der Waals surface area contributed by atoms with Crippen LogP contribution >= 0.6 is 11.3 Å². The van der Waals surface area contributed by atoms with Gasteiger partial charge in [-0.2, -0.15) is 0 Å². The summed E-state index contributed by atoms with van der Waals surface area (Å²) in [6.45, 7) is 1.75. The van der Waals surface area contributed by atoms with Gasteiger partial charge in [0.05, 0.1) is 33.5 Å². The smallest absolute Gasteiger partial charge is 0.0911 e. The first-order valence-electron chi connectivity index (χ1n) is 5.03. The fraction of sp³-hybridized carbons (Fsp3) is 0.600. The van der Waals surface area contributed by atoms with Crippen molar-refractivity contribution in [3.63, 3.8) is 0 Å². The average Bonchev–Trinajstić information content (AvgIpc) is 2.77. The third-order valence-corrected chi connectivity index (χ3v) is 4.71. The number of hydrogen-bond acceptors (Lipinski definition) is 5. The molecule has 0 aromatic carbocycles. The predicted molar refractivity (Wildman–Crippen MR) is 66.3 cm³/mol. The van der Waals surface area contributed by atoms with E-state index in [2.05, 4.69) is 5.32 Å². The van der Waals surface area contributed by atoms with Crippen molar-refractivity contribution in [2.75, 3.05) is 32.6 Å². The van der Waals surface area contributed by atoms with Gasteiger partial charge in [-0.15, -0.1) is 11.3 Å². The molecule has 1 rings (SSSR count). The topological polar surface area (TPSA) is 58.6 Å². The molecule has 2 N–H and O–H groups in total. The van der Waals surface area contributed by atoms with Crippen molar-refractivity contribution >= 4 is 22.1 Å². The lowest BCUT2D eigenvalue weighted by molar-refractivity contribution is 0.174. The molecular weight excluding hydrogens is 246 g/mol. The second-order valence-corrected chi connectivity index (χ2v) is 5.97. The van der Waals surface area contributed by atoms with Crippen molar-refractivity contribution in [3.8, 4) is 0 Å². The van der Waals surface area contributed by atoms with Crippen molar-refractivity contribution in [2.24, 2.45) is 0 Å². The van der Waals surface area contributed by atoms with E-state index in [4.69, 9.17) is 4.74 Å². The van der Waals surface area contributed by atoms with Gasteiger partial charge in [-0.1, -0.05) is 6.07 Å². The summed E-state index contributed by atoms with van der Waals surface area (Å²) in [4.78, 5) is 0. The lowest BCUT2D eigenvalue weighted by atomic mass is 10.4. The second-order valence-electron chi connectivity index (χ2n) is 3.30. The third-order valence-electron chi connectivity index (χ3n) is 1.93. The summed E-state index contributed by atoms with van der Waals surface area (Å²) in [6.07, 6.45) is -0.584. The van der Waals surface area contributed by atoms with Crippen LogP contribution in [0.5, 0.6) is 0 Å². The van der Waals surface area contributed by atoms with Crippen LogP contribution in [0.1, 0.15) is 0 Å². The van der Waals surface area contributed by atoms with E-state index in [0.717, 1.165) is 4.21 Å². The Balaban J connectivity index is 2.19. The summed E-state index contributed by atoms with van der Waals surface area (Å²) in [6, 6.07) is 3.69. The van der Waals surface area contributed by atoms with E-state index >= 15 is 0 Å². The maximum absolute atomic E-state index is 11.7. The third kappa shape index (κ3) is 5.18. The van der Waals surface area contributed by atoms with Crippen LogP contribution in [0.25, 0.3) is 0 Å². The quantitative estimate of drug-likeness (QED) is 0.669. The monoisotopic (exact) mass is 263 g/mol. The molecule has 92 valence electrons. The minimum Gasteiger partial charge on any atom is -0.391 e. The molecule has 0 saturated heterocycles. The summed E-state index contributed by atoms with van der Waals surface area (Å²) >= 11 is 1.45. The molecule has 0 amide bonds. The molecule has 0 aliphatic carbocycles. The number of thiophene rings is 1. The van der Waals surface area contributed by atoms with E-state index in [1.807, 2.05) is 17.5 Å². The Kier molecular flexibility index (Phi) is 6.82. The molecule has 2 atom stereocenters. The molecule has 0 fully saturated rings. The molecule has 0 aliphatic rings. The Bertz CT molecular complexity index is 303. The molecule has 16 heavy (non-hydrogen) atoms. The second kappa shape index (κ2) is 7.92. The van der Waals surface area contributed by atoms with E-state index < -0.39 is 16.9 Å². The van der Waals surface area contributed by atoms with Crippen LogP contribution in [-0.4, -0.2) is 48.0 Å². The SMILES string of the molecule is COCCNCC(O)CS(=O)c1cccs1. The van der Waals surface area contributed by atoms with Gasteiger partial charge in [-0.3, -0.25) is 4.21 Å². The summed E-state index contributed by atoms with van der Waals surface area (Å²) in [5.74, 6) is 0.278. The van der Waals surface area contributed by atoms with Crippen molar-refractivity contribution in [1.82, 2.24) is 5.32 Å². The van der Waals surface area contributed by atoms with Gasteiger partial charge in [0.2, 0.25) is 0 Å². The first-order chi connectivity index (χ1) is 7.74. The number of rotatable bonds is 8. The Morgan fingerprint density at radius 2 is 2.50 bits per heavy atom. The highest BCUT2D eigenvalue weighted by Crippen LogP contribution is 2.14. The first kappa shape index (κ1) is 13.8.